The summed E-state index contributed by atoms with van der Waals surface area (Å²) < 4.78 is 4.95. The van der Waals surface area contributed by atoms with Crippen molar-refractivity contribution in [2.75, 3.05) is 39.3 Å². The van der Waals surface area contributed by atoms with E-state index in [0.717, 1.165) is 25.7 Å². The van der Waals surface area contributed by atoms with E-state index in [1.54, 1.807) is 9.80 Å². The van der Waals surface area contributed by atoms with Gasteiger partial charge in [0.1, 0.15) is 0 Å². The molecule has 9 nitrogen and oxygen atoms in total. The van der Waals surface area contributed by atoms with Gasteiger partial charge in [-0.25, -0.2) is 14.8 Å². The zero-order valence-electron chi connectivity index (χ0n) is 14.6. The number of hydrogen-bond donors (Lipinski definition) is 1. The van der Waals surface area contributed by atoms with Gasteiger partial charge in [0.25, 0.3) is 11.8 Å². The predicted octanol–water partition coefficient (Wildman–Crippen LogP) is 0.675. The van der Waals surface area contributed by atoms with Crippen LogP contribution in [0, 0.1) is 0 Å². The largest absolute Gasteiger partial charge is 0.449 e. The van der Waals surface area contributed by atoms with Crippen molar-refractivity contribution in [3.63, 3.8) is 0 Å². The molecule has 3 heterocycles. The minimum absolute atomic E-state index is 0.0179. The highest BCUT2D eigenvalue weighted by Crippen LogP contribution is 2.13. The predicted molar refractivity (Wildman–Crippen MR) is 91.7 cm³/mol. The van der Waals surface area contributed by atoms with Crippen molar-refractivity contribution in [1.82, 2.24) is 25.1 Å². The molecule has 9 heteroatoms. The molecular formula is C17H23N5O4. The van der Waals surface area contributed by atoms with Gasteiger partial charge < -0.3 is 19.9 Å². The van der Waals surface area contributed by atoms with Crippen LogP contribution in [0.1, 0.15) is 46.7 Å². The Labute approximate surface area is 151 Å². The van der Waals surface area contributed by atoms with Crippen molar-refractivity contribution >= 4 is 17.9 Å². The summed E-state index contributed by atoms with van der Waals surface area (Å²) in [7, 11) is 0. The fourth-order valence-corrected chi connectivity index (χ4v) is 3.10. The molecule has 26 heavy (non-hydrogen) atoms. The molecule has 0 spiro atoms. The summed E-state index contributed by atoms with van der Waals surface area (Å²) in [6, 6.07) is 0. The van der Waals surface area contributed by atoms with Crippen molar-refractivity contribution in [2.45, 2.75) is 25.7 Å². The van der Waals surface area contributed by atoms with E-state index in [1.165, 1.54) is 12.4 Å². The Hall–Kier alpha value is -2.71. The number of nitrogens with zero attached hydrogens (tertiary/aromatic N) is 4. The summed E-state index contributed by atoms with van der Waals surface area (Å²) in [6.07, 6.45) is 6.24. The number of carbonyl (C=O) groups is 3. The van der Waals surface area contributed by atoms with Crippen LogP contribution in [0.3, 0.4) is 0 Å². The molecule has 0 saturated carbocycles. The zero-order valence-corrected chi connectivity index (χ0v) is 14.6. The van der Waals surface area contributed by atoms with Crippen molar-refractivity contribution in [3.8, 4) is 0 Å². The van der Waals surface area contributed by atoms with Gasteiger partial charge in [-0.2, -0.15) is 0 Å². The van der Waals surface area contributed by atoms with Gasteiger partial charge in [-0.15, -0.1) is 0 Å². The van der Waals surface area contributed by atoms with Crippen LogP contribution in [0.5, 0.6) is 0 Å². The Morgan fingerprint density at radius 1 is 1.04 bits per heavy atom. The summed E-state index contributed by atoms with van der Waals surface area (Å²) in [5.41, 5.74) is 0.0913. The van der Waals surface area contributed by atoms with Crippen molar-refractivity contribution in [3.05, 3.63) is 23.8 Å². The molecule has 1 aromatic rings. The van der Waals surface area contributed by atoms with Gasteiger partial charge >= 0.3 is 6.09 Å². The third kappa shape index (κ3) is 4.27. The number of ether oxygens (including phenoxy) is 1. The SMILES string of the molecule is O=C(NCCN1CCCOC1=O)c1nccnc1C(=O)N1CCCCC1. The Balaban J connectivity index is 1.60. The molecule has 1 N–H and O–H groups in total. The Bertz CT molecular complexity index is 675. The second kappa shape index (κ2) is 8.59. The summed E-state index contributed by atoms with van der Waals surface area (Å²) in [5.74, 6) is -0.730. The fourth-order valence-electron chi connectivity index (χ4n) is 3.10. The Morgan fingerprint density at radius 2 is 1.77 bits per heavy atom. The van der Waals surface area contributed by atoms with Gasteiger partial charge in [-0.3, -0.25) is 9.59 Å². The Kier molecular flexibility index (Phi) is 5.98. The van der Waals surface area contributed by atoms with Crippen LogP contribution in [0.15, 0.2) is 12.4 Å². The van der Waals surface area contributed by atoms with Crippen LogP contribution in [-0.2, 0) is 4.74 Å². The van der Waals surface area contributed by atoms with Crippen molar-refractivity contribution in [2.24, 2.45) is 0 Å². The smallest absolute Gasteiger partial charge is 0.409 e. The number of nitrogens with one attached hydrogen (secondary N) is 1. The number of piperidine rings is 1. The second-order valence-corrected chi connectivity index (χ2v) is 6.32. The summed E-state index contributed by atoms with van der Waals surface area (Å²) in [6.45, 7) is 2.99. The zero-order chi connectivity index (χ0) is 18.4. The third-order valence-corrected chi connectivity index (χ3v) is 4.48. The van der Waals surface area contributed by atoms with E-state index in [2.05, 4.69) is 15.3 Å². The average Bonchev–Trinajstić information content (AvgIpc) is 2.69. The fraction of sp³-hybridized carbons (Fsp3) is 0.588. The maximum Gasteiger partial charge on any atom is 0.409 e. The molecule has 2 saturated heterocycles. The van der Waals surface area contributed by atoms with Crippen LogP contribution in [0.25, 0.3) is 0 Å². The van der Waals surface area contributed by atoms with E-state index in [0.29, 0.717) is 32.8 Å². The van der Waals surface area contributed by atoms with E-state index < -0.39 is 5.91 Å². The number of aromatic nitrogens is 2. The minimum Gasteiger partial charge on any atom is -0.449 e. The van der Waals surface area contributed by atoms with Gasteiger partial charge in [0, 0.05) is 45.1 Å². The highest BCUT2D eigenvalue weighted by atomic mass is 16.6. The van der Waals surface area contributed by atoms with Crippen molar-refractivity contribution in [1.29, 1.82) is 0 Å². The molecule has 0 radical (unpaired) electrons. The molecule has 140 valence electrons. The molecule has 2 aliphatic rings. The molecule has 2 fully saturated rings. The van der Waals surface area contributed by atoms with Gasteiger partial charge in [-0.05, 0) is 25.7 Å². The van der Waals surface area contributed by atoms with E-state index in [-0.39, 0.29) is 29.9 Å². The number of cyclic esters (lactones) is 1. The van der Waals surface area contributed by atoms with E-state index in [1.807, 2.05) is 0 Å². The maximum atomic E-state index is 12.7. The number of carbonyl (C=O) groups excluding carboxylic acids is 3. The van der Waals surface area contributed by atoms with Gasteiger partial charge in [0.05, 0.1) is 6.61 Å². The average molecular weight is 361 g/mol. The number of amides is 3. The first kappa shape index (κ1) is 18.1. The van der Waals surface area contributed by atoms with Crippen LogP contribution >= 0.6 is 0 Å². The lowest BCUT2D eigenvalue weighted by Crippen LogP contribution is -2.43. The van der Waals surface area contributed by atoms with Crippen LogP contribution in [-0.4, -0.2) is 77.0 Å². The number of rotatable bonds is 5. The monoisotopic (exact) mass is 361 g/mol. The molecule has 1 aromatic heterocycles. The minimum atomic E-state index is -0.469. The lowest BCUT2D eigenvalue weighted by atomic mass is 10.1. The molecule has 0 unspecified atom stereocenters. The first-order chi connectivity index (χ1) is 12.7. The molecule has 3 amide bonds. The first-order valence-corrected chi connectivity index (χ1v) is 8.97. The first-order valence-electron chi connectivity index (χ1n) is 8.97. The topological polar surface area (TPSA) is 105 Å². The highest BCUT2D eigenvalue weighted by molar-refractivity contribution is 6.04. The summed E-state index contributed by atoms with van der Waals surface area (Å²) >= 11 is 0. The molecule has 3 rings (SSSR count). The Morgan fingerprint density at radius 3 is 2.50 bits per heavy atom. The van der Waals surface area contributed by atoms with Crippen LogP contribution < -0.4 is 5.32 Å². The lowest BCUT2D eigenvalue weighted by Gasteiger charge is -2.27. The highest BCUT2D eigenvalue weighted by Gasteiger charge is 2.26. The standard InChI is InChI=1S/C17H23N5O4/c23-15(20-7-11-22-10-4-12-26-17(22)25)13-14(19-6-5-18-13)16(24)21-8-2-1-3-9-21/h5-6H,1-4,7-12H2,(H,20,23). The van der Waals surface area contributed by atoms with E-state index >= 15 is 0 Å². The molecule has 2 aliphatic heterocycles. The van der Waals surface area contributed by atoms with Crippen LogP contribution in [0.2, 0.25) is 0 Å². The normalized spacial score (nSPS) is 17.6. The summed E-state index contributed by atoms with van der Waals surface area (Å²) in [5, 5.41) is 2.70. The molecule has 0 bridgehead atoms. The molecule has 0 aromatic carbocycles. The number of likely N-dealkylation sites (tertiary alicyclic amines) is 1. The van der Waals surface area contributed by atoms with Crippen LogP contribution in [0.4, 0.5) is 4.79 Å². The quantitative estimate of drug-likeness (QED) is 0.827. The summed E-state index contributed by atoms with van der Waals surface area (Å²) in [4.78, 5) is 48.1. The third-order valence-electron chi connectivity index (χ3n) is 4.48. The number of hydrogen-bond acceptors (Lipinski definition) is 6. The molecule has 0 aliphatic carbocycles. The molecular weight excluding hydrogens is 338 g/mol. The van der Waals surface area contributed by atoms with E-state index in [4.69, 9.17) is 4.74 Å². The van der Waals surface area contributed by atoms with Gasteiger partial charge in [0.15, 0.2) is 11.4 Å². The van der Waals surface area contributed by atoms with E-state index in [9.17, 15) is 14.4 Å². The lowest BCUT2D eigenvalue weighted by molar-refractivity contribution is 0.0708. The second-order valence-electron chi connectivity index (χ2n) is 6.32. The maximum absolute atomic E-state index is 12.7. The van der Waals surface area contributed by atoms with Gasteiger partial charge in [0.2, 0.25) is 0 Å². The van der Waals surface area contributed by atoms with Crippen molar-refractivity contribution < 1.29 is 19.1 Å². The van der Waals surface area contributed by atoms with Gasteiger partial charge in [-0.1, -0.05) is 0 Å². The molecule has 0 atom stereocenters.